The average molecular weight is 251 g/mol. The van der Waals surface area contributed by atoms with E-state index in [0.717, 1.165) is 11.3 Å². The summed E-state index contributed by atoms with van der Waals surface area (Å²) in [6.07, 6.45) is 0.153. The number of benzene rings is 1. The Morgan fingerprint density at radius 1 is 1.33 bits per heavy atom. The van der Waals surface area contributed by atoms with Crippen LogP contribution in [0.15, 0.2) is 24.3 Å². The molecule has 0 bridgehead atoms. The van der Waals surface area contributed by atoms with Gasteiger partial charge in [-0.1, -0.05) is 12.1 Å². The zero-order chi connectivity index (χ0) is 13.8. The molecule has 1 rings (SSSR count). The van der Waals surface area contributed by atoms with E-state index in [9.17, 15) is 4.79 Å². The van der Waals surface area contributed by atoms with Gasteiger partial charge in [-0.2, -0.15) is 0 Å². The molecule has 0 aliphatic heterocycles. The molecular formula is C14H21NO3. The van der Waals surface area contributed by atoms with E-state index in [2.05, 4.69) is 5.32 Å². The summed E-state index contributed by atoms with van der Waals surface area (Å²) in [6, 6.07) is 7.65. The molecule has 0 heterocycles. The fourth-order valence-corrected chi connectivity index (χ4v) is 1.36. The van der Waals surface area contributed by atoms with E-state index < -0.39 is 11.5 Å². The van der Waals surface area contributed by atoms with Gasteiger partial charge >= 0.3 is 5.97 Å². The maximum absolute atomic E-state index is 10.9. The number of carboxylic acids is 1. The van der Waals surface area contributed by atoms with Crippen LogP contribution in [-0.4, -0.2) is 22.7 Å². The van der Waals surface area contributed by atoms with Crippen molar-refractivity contribution < 1.29 is 14.6 Å². The molecule has 0 radical (unpaired) electrons. The molecule has 0 aromatic heterocycles. The van der Waals surface area contributed by atoms with Crippen molar-refractivity contribution in [2.45, 2.75) is 45.9 Å². The minimum Gasteiger partial charge on any atom is -0.491 e. The van der Waals surface area contributed by atoms with E-state index >= 15 is 0 Å². The second-order valence-corrected chi connectivity index (χ2v) is 5.09. The van der Waals surface area contributed by atoms with Gasteiger partial charge in [-0.3, -0.25) is 10.1 Å². The molecule has 0 fully saturated rings. The van der Waals surface area contributed by atoms with Gasteiger partial charge in [-0.25, -0.2) is 0 Å². The largest absolute Gasteiger partial charge is 0.491 e. The predicted octanol–water partition coefficient (Wildman–Crippen LogP) is 2.43. The van der Waals surface area contributed by atoms with Gasteiger partial charge in [0.25, 0.3) is 0 Å². The molecule has 0 amide bonds. The molecule has 0 aliphatic rings. The van der Waals surface area contributed by atoms with Gasteiger partial charge in [0.15, 0.2) is 0 Å². The van der Waals surface area contributed by atoms with Crippen LogP contribution in [0.25, 0.3) is 0 Å². The van der Waals surface area contributed by atoms with Crippen LogP contribution in [0.4, 0.5) is 0 Å². The Balaban J connectivity index is 2.57. The fourth-order valence-electron chi connectivity index (χ4n) is 1.36. The summed E-state index contributed by atoms with van der Waals surface area (Å²) in [5.74, 6) is -0.0338. The van der Waals surface area contributed by atoms with Gasteiger partial charge in [-0.05, 0) is 45.4 Å². The number of ether oxygens (including phenoxy) is 1. The Morgan fingerprint density at radius 3 is 2.33 bits per heavy atom. The zero-order valence-electron chi connectivity index (χ0n) is 11.4. The normalized spacial score (nSPS) is 11.6. The Labute approximate surface area is 108 Å². The number of hydrogen-bond donors (Lipinski definition) is 2. The van der Waals surface area contributed by atoms with Crippen molar-refractivity contribution in [3.8, 4) is 5.75 Å². The summed E-state index contributed by atoms with van der Waals surface area (Å²) < 4.78 is 5.54. The number of carboxylic acid groups (broad SMARTS) is 1. The van der Waals surface area contributed by atoms with Crippen molar-refractivity contribution >= 4 is 5.97 Å². The lowest BCUT2D eigenvalue weighted by Crippen LogP contribution is -2.46. The third-order valence-electron chi connectivity index (χ3n) is 2.56. The molecule has 1 aromatic rings. The molecule has 0 spiro atoms. The molecule has 4 nitrogen and oxygen atoms in total. The maximum atomic E-state index is 10.9. The van der Waals surface area contributed by atoms with Crippen LogP contribution >= 0.6 is 0 Å². The van der Waals surface area contributed by atoms with Crippen LogP contribution in [0.5, 0.6) is 5.75 Å². The first-order valence-corrected chi connectivity index (χ1v) is 6.05. The number of hydrogen-bond acceptors (Lipinski definition) is 3. The van der Waals surface area contributed by atoms with Crippen LogP contribution in [-0.2, 0) is 11.3 Å². The summed E-state index contributed by atoms with van der Waals surface area (Å²) >= 11 is 0. The Morgan fingerprint density at radius 2 is 1.89 bits per heavy atom. The highest BCUT2D eigenvalue weighted by Crippen LogP contribution is 2.14. The van der Waals surface area contributed by atoms with Crippen molar-refractivity contribution in [1.29, 1.82) is 0 Å². The van der Waals surface area contributed by atoms with E-state index in [4.69, 9.17) is 9.84 Å². The van der Waals surface area contributed by atoms with E-state index in [1.807, 2.05) is 38.1 Å². The van der Waals surface area contributed by atoms with E-state index in [1.54, 1.807) is 13.8 Å². The molecular weight excluding hydrogens is 230 g/mol. The highest BCUT2D eigenvalue weighted by Gasteiger charge is 2.25. The Kier molecular flexibility index (Phi) is 4.73. The highest BCUT2D eigenvalue weighted by molar-refractivity contribution is 5.77. The number of nitrogens with one attached hydrogen (secondary N) is 1. The van der Waals surface area contributed by atoms with Crippen molar-refractivity contribution in [1.82, 2.24) is 5.32 Å². The quantitative estimate of drug-likeness (QED) is 0.815. The summed E-state index contributed by atoms with van der Waals surface area (Å²) in [5.41, 5.74) is 0.105. The van der Waals surface area contributed by atoms with Crippen LogP contribution in [0.2, 0.25) is 0 Å². The van der Waals surface area contributed by atoms with Gasteiger partial charge in [0.05, 0.1) is 6.10 Å². The van der Waals surface area contributed by atoms with Crippen molar-refractivity contribution in [3.63, 3.8) is 0 Å². The van der Waals surface area contributed by atoms with Crippen LogP contribution in [0.1, 0.15) is 33.3 Å². The third kappa shape index (κ3) is 4.37. The molecule has 1 aromatic carbocycles. The fraction of sp³-hybridized carbons (Fsp3) is 0.500. The Bertz CT molecular complexity index is 396. The smallest absolute Gasteiger partial charge is 0.323 e. The van der Waals surface area contributed by atoms with Crippen LogP contribution in [0.3, 0.4) is 0 Å². The van der Waals surface area contributed by atoms with Gasteiger partial charge in [0, 0.05) is 6.54 Å². The lowest BCUT2D eigenvalue weighted by molar-refractivity contribution is -0.143. The van der Waals surface area contributed by atoms with Crippen LogP contribution in [0, 0.1) is 0 Å². The zero-order valence-corrected chi connectivity index (χ0v) is 11.4. The third-order valence-corrected chi connectivity index (χ3v) is 2.56. The maximum Gasteiger partial charge on any atom is 0.323 e. The monoisotopic (exact) mass is 251 g/mol. The van der Waals surface area contributed by atoms with Crippen molar-refractivity contribution in [3.05, 3.63) is 29.8 Å². The lowest BCUT2D eigenvalue weighted by Gasteiger charge is -2.21. The number of rotatable bonds is 6. The Hall–Kier alpha value is -1.55. The topological polar surface area (TPSA) is 58.6 Å². The summed E-state index contributed by atoms with van der Waals surface area (Å²) in [6.45, 7) is 7.76. The predicted molar refractivity (Wildman–Crippen MR) is 70.8 cm³/mol. The number of carbonyl (C=O) groups is 1. The SMILES string of the molecule is CC(C)Oc1ccc(CNC(C)(C)C(=O)O)cc1. The van der Waals surface area contributed by atoms with Gasteiger partial charge in [0.1, 0.15) is 11.3 Å². The van der Waals surface area contributed by atoms with Gasteiger partial charge < -0.3 is 9.84 Å². The average Bonchev–Trinajstić information content (AvgIpc) is 2.27. The lowest BCUT2D eigenvalue weighted by atomic mass is 10.1. The summed E-state index contributed by atoms with van der Waals surface area (Å²) in [7, 11) is 0. The molecule has 0 atom stereocenters. The van der Waals surface area contributed by atoms with Gasteiger partial charge in [-0.15, -0.1) is 0 Å². The molecule has 18 heavy (non-hydrogen) atoms. The molecule has 2 N–H and O–H groups in total. The molecule has 100 valence electrons. The molecule has 4 heteroatoms. The minimum atomic E-state index is -0.924. The number of aliphatic carboxylic acids is 1. The summed E-state index contributed by atoms with van der Waals surface area (Å²) in [5, 5.41) is 12.0. The van der Waals surface area contributed by atoms with E-state index in [1.165, 1.54) is 0 Å². The first-order valence-electron chi connectivity index (χ1n) is 6.05. The first kappa shape index (κ1) is 14.5. The molecule has 0 aliphatic carbocycles. The van der Waals surface area contributed by atoms with E-state index in [-0.39, 0.29) is 6.10 Å². The van der Waals surface area contributed by atoms with Gasteiger partial charge in [0.2, 0.25) is 0 Å². The van der Waals surface area contributed by atoms with E-state index in [0.29, 0.717) is 6.54 Å². The minimum absolute atomic E-state index is 0.153. The molecule has 0 saturated carbocycles. The second kappa shape index (κ2) is 5.87. The second-order valence-electron chi connectivity index (χ2n) is 5.09. The molecule has 0 unspecified atom stereocenters. The first-order chi connectivity index (χ1) is 8.31. The standard InChI is InChI=1S/C14H21NO3/c1-10(2)18-12-7-5-11(6-8-12)9-15-14(3,4)13(16)17/h5-8,10,15H,9H2,1-4H3,(H,16,17). The van der Waals surface area contributed by atoms with Crippen molar-refractivity contribution in [2.75, 3.05) is 0 Å². The van der Waals surface area contributed by atoms with Crippen LogP contribution < -0.4 is 10.1 Å². The summed E-state index contributed by atoms with van der Waals surface area (Å²) in [4.78, 5) is 10.9. The van der Waals surface area contributed by atoms with Crippen molar-refractivity contribution in [2.24, 2.45) is 0 Å². The molecule has 0 saturated heterocycles. The highest BCUT2D eigenvalue weighted by atomic mass is 16.5.